The van der Waals surface area contributed by atoms with Crippen LogP contribution in [0.3, 0.4) is 0 Å². The van der Waals surface area contributed by atoms with Gasteiger partial charge in [0.1, 0.15) is 5.75 Å². The van der Waals surface area contributed by atoms with Gasteiger partial charge in [0.15, 0.2) is 0 Å². The van der Waals surface area contributed by atoms with E-state index in [1.807, 2.05) is 19.9 Å². The Morgan fingerprint density at radius 2 is 1.87 bits per heavy atom. The second-order valence-electron chi connectivity index (χ2n) is 4.27. The molecule has 0 aliphatic carbocycles. The minimum atomic E-state index is -0.956. The summed E-state index contributed by atoms with van der Waals surface area (Å²) >= 11 is 6.13. The first-order chi connectivity index (χ1) is 6.79. The van der Waals surface area contributed by atoms with Gasteiger partial charge in [-0.05, 0) is 44.9 Å². The van der Waals surface area contributed by atoms with Crippen molar-refractivity contribution in [3.05, 3.63) is 27.8 Å². The van der Waals surface area contributed by atoms with Crippen LogP contribution in [0.15, 0.2) is 6.07 Å². The topological polar surface area (TPSA) is 29.5 Å². The Morgan fingerprint density at radius 3 is 2.27 bits per heavy atom. The predicted molar refractivity (Wildman–Crippen MR) is 62.7 cm³/mol. The lowest BCUT2D eigenvalue weighted by atomic mass is 9.91. The number of aliphatic hydroxyl groups is 1. The van der Waals surface area contributed by atoms with E-state index in [0.29, 0.717) is 5.02 Å². The molecule has 0 spiro atoms. The van der Waals surface area contributed by atoms with Crippen LogP contribution in [0.5, 0.6) is 5.75 Å². The Balaban J connectivity index is 3.53. The Bertz CT molecular complexity index is 378. The van der Waals surface area contributed by atoms with Crippen LogP contribution < -0.4 is 4.74 Å². The predicted octanol–water partition coefficient (Wildman–Crippen LogP) is 3.19. The molecule has 0 heterocycles. The third kappa shape index (κ3) is 2.27. The molecule has 0 bridgehead atoms. The Hall–Kier alpha value is -0.730. The molecule has 15 heavy (non-hydrogen) atoms. The van der Waals surface area contributed by atoms with Gasteiger partial charge in [-0.3, -0.25) is 0 Å². The average molecular weight is 229 g/mol. The number of ether oxygens (including phenoxy) is 1. The maximum absolute atomic E-state index is 10.0. The quantitative estimate of drug-likeness (QED) is 0.843. The van der Waals surface area contributed by atoms with Crippen LogP contribution in [0.2, 0.25) is 5.02 Å². The minimum absolute atomic E-state index is 0.582. The highest BCUT2D eigenvalue weighted by molar-refractivity contribution is 6.31. The van der Waals surface area contributed by atoms with Gasteiger partial charge in [0.25, 0.3) is 0 Å². The molecule has 1 aromatic rings. The molecule has 3 heteroatoms. The summed E-state index contributed by atoms with van der Waals surface area (Å²) in [6, 6.07) is 1.82. The number of methoxy groups -OCH3 is 1. The molecule has 1 N–H and O–H groups in total. The largest absolute Gasteiger partial charge is 0.496 e. The maximum Gasteiger partial charge on any atom is 0.125 e. The zero-order valence-electron chi connectivity index (χ0n) is 9.81. The molecule has 1 rings (SSSR count). The molecule has 0 fully saturated rings. The van der Waals surface area contributed by atoms with Gasteiger partial charge in [-0.15, -0.1) is 0 Å². The van der Waals surface area contributed by atoms with Crippen molar-refractivity contribution in [2.45, 2.75) is 33.3 Å². The number of hydrogen-bond acceptors (Lipinski definition) is 2. The molecule has 0 aliphatic rings. The number of rotatable bonds is 2. The molecular formula is C12H17ClO2. The van der Waals surface area contributed by atoms with Gasteiger partial charge in [-0.2, -0.15) is 0 Å². The number of hydrogen-bond donors (Lipinski definition) is 1. The first kappa shape index (κ1) is 12.3. The second-order valence-corrected chi connectivity index (χ2v) is 4.67. The average Bonchev–Trinajstić information content (AvgIpc) is 2.00. The lowest BCUT2D eigenvalue weighted by Gasteiger charge is -2.24. The lowest BCUT2D eigenvalue weighted by molar-refractivity contribution is 0.0777. The maximum atomic E-state index is 10.0. The Kier molecular flexibility index (Phi) is 3.31. The van der Waals surface area contributed by atoms with Gasteiger partial charge in [0.05, 0.1) is 12.7 Å². The number of halogens is 1. The number of aryl methyl sites for hydroxylation is 1. The minimum Gasteiger partial charge on any atom is -0.496 e. The highest BCUT2D eigenvalue weighted by Gasteiger charge is 2.24. The number of benzene rings is 1. The monoisotopic (exact) mass is 228 g/mol. The van der Waals surface area contributed by atoms with E-state index in [1.165, 1.54) is 0 Å². The van der Waals surface area contributed by atoms with E-state index in [-0.39, 0.29) is 0 Å². The van der Waals surface area contributed by atoms with Crippen molar-refractivity contribution in [2.24, 2.45) is 0 Å². The van der Waals surface area contributed by atoms with Gasteiger partial charge in [0, 0.05) is 10.6 Å². The molecule has 2 nitrogen and oxygen atoms in total. The molecule has 0 atom stereocenters. The second kappa shape index (κ2) is 4.03. The lowest BCUT2D eigenvalue weighted by Crippen LogP contribution is -2.18. The fourth-order valence-corrected chi connectivity index (χ4v) is 2.52. The summed E-state index contributed by atoms with van der Waals surface area (Å²) in [7, 11) is 1.62. The molecule has 0 saturated heterocycles. The zero-order chi connectivity index (χ0) is 11.8. The van der Waals surface area contributed by atoms with E-state index in [4.69, 9.17) is 16.3 Å². The molecule has 0 unspecified atom stereocenters. The van der Waals surface area contributed by atoms with Crippen LogP contribution in [0, 0.1) is 13.8 Å². The van der Waals surface area contributed by atoms with Crippen molar-refractivity contribution < 1.29 is 9.84 Å². The van der Waals surface area contributed by atoms with Crippen molar-refractivity contribution in [2.75, 3.05) is 7.11 Å². The normalized spacial score (nSPS) is 11.7. The van der Waals surface area contributed by atoms with Gasteiger partial charge < -0.3 is 9.84 Å². The SMILES string of the molecule is COc1c(C)cc(Cl)c(C(C)(C)O)c1C. The highest BCUT2D eigenvalue weighted by atomic mass is 35.5. The fourth-order valence-electron chi connectivity index (χ4n) is 1.98. The van der Waals surface area contributed by atoms with Crippen LogP contribution in [0.1, 0.15) is 30.5 Å². The molecule has 0 radical (unpaired) electrons. The summed E-state index contributed by atoms with van der Waals surface area (Å²) in [5.41, 5.74) is 1.65. The van der Waals surface area contributed by atoms with Gasteiger partial charge in [-0.1, -0.05) is 11.6 Å². The van der Waals surface area contributed by atoms with Crippen LogP contribution in [-0.4, -0.2) is 12.2 Å². The van der Waals surface area contributed by atoms with Gasteiger partial charge >= 0.3 is 0 Å². The first-order valence-electron chi connectivity index (χ1n) is 4.85. The first-order valence-corrected chi connectivity index (χ1v) is 5.23. The van der Waals surface area contributed by atoms with Crippen molar-refractivity contribution in [3.8, 4) is 5.75 Å². The van der Waals surface area contributed by atoms with E-state index in [2.05, 4.69) is 0 Å². The summed E-state index contributed by atoms with van der Waals surface area (Å²) in [5.74, 6) is 0.788. The molecule has 0 aromatic heterocycles. The van der Waals surface area contributed by atoms with Crippen molar-refractivity contribution in [1.29, 1.82) is 0 Å². The zero-order valence-corrected chi connectivity index (χ0v) is 10.6. The Morgan fingerprint density at radius 1 is 1.33 bits per heavy atom. The molecule has 0 saturated carbocycles. The third-order valence-corrected chi connectivity index (χ3v) is 2.77. The van der Waals surface area contributed by atoms with E-state index in [1.54, 1.807) is 21.0 Å². The van der Waals surface area contributed by atoms with Crippen LogP contribution >= 0.6 is 11.6 Å². The summed E-state index contributed by atoms with van der Waals surface area (Å²) in [4.78, 5) is 0. The van der Waals surface area contributed by atoms with Crippen LogP contribution in [0.4, 0.5) is 0 Å². The highest BCUT2D eigenvalue weighted by Crippen LogP contribution is 2.37. The van der Waals surface area contributed by atoms with Gasteiger partial charge in [-0.25, -0.2) is 0 Å². The summed E-state index contributed by atoms with van der Waals surface area (Å²) < 4.78 is 5.30. The summed E-state index contributed by atoms with van der Waals surface area (Å²) in [6.07, 6.45) is 0. The van der Waals surface area contributed by atoms with Crippen LogP contribution in [-0.2, 0) is 5.60 Å². The smallest absolute Gasteiger partial charge is 0.125 e. The van der Waals surface area contributed by atoms with E-state index < -0.39 is 5.60 Å². The Labute approximate surface area is 95.8 Å². The standard InChI is InChI=1S/C12H17ClO2/c1-7-6-9(13)10(12(3,4)14)8(2)11(7)15-5/h6,14H,1-5H3. The third-order valence-electron chi connectivity index (χ3n) is 2.47. The molecular weight excluding hydrogens is 212 g/mol. The molecule has 0 aliphatic heterocycles. The van der Waals surface area contributed by atoms with E-state index in [0.717, 1.165) is 22.4 Å². The summed E-state index contributed by atoms with van der Waals surface area (Å²) in [6.45, 7) is 7.28. The fraction of sp³-hybridized carbons (Fsp3) is 0.500. The summed E-state index contributed by atoms with van der Waals surface area (Å²) in [5, 5.41) is 10.6. The van der Waals surface area contributed by atoms with Crippen LogP contribution in [0.25, 0.3) is 0 Å². The van der Waals surface area contributed by atoms with Crippen molar-refractivity contribution in [3.63, 3.8) is 0 Å². The van der Waals surface area contributed by atoms with Crippen molar-refractivity contribution >= 4 is 11.6 Å². The molecule has 84 valence electrons. The van der Waals surface area contributed by atoms with Crippen molar-refractivity contribution in [1.82, 2.24) is 0 Å². The molecule has 1 aromatic carbocycles. The van der Waals surface area contributed by atoms with E-state index in [9.17, 15) is 5.11 Å². The molecule has 0 amide bonds. The van der Waals surface area contributed by atoms with Gasteiger partial charge in [0.2, 0.25) is 0 Å². The van der Waals surface area contributed by atoms with E-state index >= 15 is 0 Å².